The van der Waals surface area contributed by atoms with Crippen molar-refractivity contribution in [1.82, 2.24) is 0 Å². The Kier molecular flexibility index (Phi) is 2.41. The van der Waals surface area contributed by atoms with Gasteiger partial charge in [-0.3, -0.25) is 0 Å². The molecule has 0 aliphatic heterocycles. The van der Waals surface area contributed by atoms with Gasteiger partial charge in [-0.15, -0.1) is 0 Å². The second-order valence-corrected chi connectivity index (χ2v) is 4.23. The van der Waals surface area contributed by atoms with Gasteiger partial charge in [0.1, 0.15) is 11.5 Å². The SMILES string of the molecule is Oc1ccc(O)c(-c2cccc3ccccc23)c1. The van der Waals surface area contributed by atoms with Gasteiger partial charge in [0.05, 0.1) is 0 Å². The molecule has 0 aliphatic carbocycles. The monoisotopic (exact) mass is 236 g/mol. The van der Waals surface area contributed by atoms with Gasteiger partial charge in [-0.05, 0) is 34.5 Å². The van der Waals surface area contributed by atoms with E-state index in [0.717, 1.165) is 16.3 Å². The summed E-state index contributed by atoms with van der Waals surface area (Å²) in [6, 6.07) is 18.5. The Morgan fingerprint density at radius 2 is 1.44 bits per heavy atom. The fourth-order valence-corrected chi connectivity index (χ4v) is 2.20. The average molecular weight is 236 g/mol. The van der Waals surface area contributed by atoms with Crippen molar-refractivity contribution < 1.29 is 10.2 Å². The second-order valence-electron chi connectivity index (χ2n) is 4.23. The number of aromatic hydroxyl groups is 2. The summed E-state index contributed by atoms with van der Waals surface area (Å²) in [7, 11) is 0. The van der Waals surface area contributed by atoms with Crippen molar-refractivity contribution in [2.24, 2.45) is 0 Å². The Balaban J connectivity index is 2.35. The first kappa shape index (κ1) is 10.7. The van der Waals surface area contributed by atoms with Crippen LogP contribution >= 0.6 is 0 Å². The summed E-state index contributed by atoms with van der Waals surface area (Å²) in [5.41, 5.74) is 1.56. The Hall–Kier alpha value is -2.48. The molecule has 18 heavy (non-hydrogen) atoms. The van der Waals surface area contributed by atoms with Gasteiger partial charge in [-0.2, -0.15) is 0 Å². The van der Waals surface area contributed by atoms with Gasteiger partial charge in [0.15, 0.2) is 0 Å². The summed E-state index contributed by atoms with van der Waals surface area (Å²) in [6.45, 7) is 0. The molecule has 0 heterocycles. The summed E-state index contributed by atoms with van der Waals surface area (Å²) in [4.78, 5) is 0. The van der Waals surface area contributed by atoms with Crippen molar-refractivity contribution in [2.75, 3.05) is 0 Å². The molecule has 0 saturated heterocycles. The minimum atomic E-state index is 0.149. The molecule has 3 aromatic carbocycles. The molecule has 0 fully saturated rings. The van der Waals surface area contributed by atoms with Crippen molar-refractivity contribution in [1.29, 1.82) is 0 Å². The van der Waals surface area contributed by atoms with E-state index in [1.807, 2.05) is 42.5 Å². The first-order valence-corrected chi connectivity index (χ1v) is 5.76. The maximum absolute atomic E-state index is 9.94. The van der Waals surface area contributed by atoms with E-state index in [1.165, 1.54) is 12.1 Å². The van der Waals surface area contributed by atoms with Crippen LogP contribution in [0.4, 0.5) is 0 Å². The lowest BCUT2D eigenvalue weighted by Gasteiger charge is -2.09. The molecule has 3 aromatic rings. The third-order valence-corrected chi connectivity index (χ3v) is 3.06. The number of fused-ring (bicyclic) bond motifs is 1. The van der Waals surface area contributed by atoms with E-state index in [1.54, 1.807) is 6.07 Å². The fraction of sp³-hybridized carbons (Fsp3) is 0. The average Bonchev–Trinajstić information content (AvgIpc) is 2.41. The van der Waals surface area contributed by atoms with Gasteiger partial charge in [0.25, 0.3) is 0 Å². The first-order chi connectivity index (χ1) is 8.75. The Bertz CT molecular complexity index is 712. The highest BCUT2D eigenvalue weighted by Gasteiger charge is 2.08. The van der Waals surface area contributed by atoms with Gasteiger partial charge in [0, 0.05) is 5.56 Å². The van der Waals surface area contributed by atoms with Gasteiger partial charge < -0.3 is 10.2 Å². The highest BCUT2D eigenvalue weighted by atomic mass is 16.3. The number of hydrogen-bond acceptors (Lipinski definition) is 2. The Morgan fingerprint density at radius 1 is 0.667 bits per heavy atom. The van der Waals surface area contributed by atoms with E-state index in [9.17, 15) is 10.2 Å². The normalized spacial score (nSPS) is 10.7. The fourth-order valence-electron chi connectivity index (χ4n) is 2.20. The third-order valence-electron chi connectivity index (χ3n) is 3.06. The van der Waals surface area contributed by atoms with Crippen LogP contribution in [0.25, 0.3) is 21.9 Å². The van der Waals surface area contributed by atoms with E-state index in [-0.39, 0.29) is 11.5 Å². The van der Waals surface area contributed by atoms with Crippen LogP contribution < -0.4 is 0 Å². The van der Waals surface area contributed by atoms with Crippen molar-refractivity contribution in [3.05, 3.63) is 60.7 Å². The van der Waals surface area contributed by atoms with Crippen LogP contribution in [-0.4, -0.2) is 10.2 Å². The zero-order valence-electron chi connectivity index (χ0n) is 9.67. The quantitative estimate of drug-likeness (QED) is 0.629. The molecule has 3 rings (SSSR count). The summed E-state index contributed by atoms with van der Waals surface area (Å²) in [5, 5.41) is 21.7. The largest absolute Gasteiger partial charge is 0.508 e. The molecule has 2 N–H and O–H groups in total. The minimum absolute atomic E-state index is 0.149. The van der Waals surface area contributed by atoms with E-state index in [2.05, 4.69) is 0 Å². The molecule has 0 radical (unpaired) electrons. The number of hydrogen-bond donors (Lipinski definition) is 2. The van der Waals surface area contributed by atoms with Gasteiger partial charge in [-0.1, -0.05) is 42.5 Å². The molecule has 0 aromatic heterocycles. The van der Waals surface area contributed by atoms with Crippen LogP contribution in [0.1, 0.15) is 0 Å². The molecule has 2 nitrogen and oxygen atoms in total. The predicted molar refractivity (Wildman–Crippen MR) is 72.7 cm³/mol. The van der Waals surface area contributed by atoms with Gasteiger partial charge in [0.2, 0.25) is 0 Å². The predicted octanol–water partition coefficient (Wildman–Crippen LogP) is 3.92. The molecular weight excluding hydrogens is 224 g/mol. The molecule has 0 bridgehead atoms. The van der Waals surface area contributed by atoms with Crippen molar-refractivity contribution in [3.63, 3.8) is 0 Å². The first-order valence-electron chi connectivity index (χ1n) is 5.76. The van der Waals surface area contributed by atoms with Crippen LogP contribution in [0.15, 0.2) is 60.7 Å². The molecule has 0 saturated carbocycles. The van der Waals surface area contributed by atoms with E-state index in [4.69, 9.17) is 0 Å². The van der Waals surface area contributed by atoms with Crippen molar-refractivity contribution >= 4 is 10.8 Å². The molecule has 0 amide bonds. The van der Waals surface area contributed by atoms with Crippen molar-refractivity contribution in [2.45, 2.75) is 0 Å². The third kappa shape index (κ3) is 1.68. The van der Waals surface area contributed by atoms with Crippen LogP contribution in [0.5, 0.6) is 11.5 Å². The van der Waals surface area contributed by atoms with Crippen LogP contribution in [0.3, 0.4) is 0 Å². The maximum atomic E-state index is 9.94. The molecule has 0 aliphatic rings. The van der Waals surface area contributed by atoms with E-state index < -0.39 is 0 Å². The highest BCUT2D eigenvalue weighted by Crippen LogP contribution is 2.36. The summed E-state index contributed by atoms with van der Waals surface area (Å²) in [5.74, 6) is 0.319. The lowest BCUT2D eigenvalue weighted by Crippen LogP contribution is -1.82. The number of benzene rings is 3. The number of phenols is 2. The molecule has 0 atom stereocenters. The summed E-state index contributed by atoms with van der Waals surface area (Å²) >= 11 is 0. The second kappa shape index (κ2) is 4.08. The molecule has 88 valence electrons. The van der Waals surface area contributed by atoms with E-state index in [0.29, 0.717) is 5.56 Å². The maximum Gasteiger partial charge on any atom is 0.123 e. The van der Waals surface area contributed by atoms with Gasteiger partial charge >= 0.3 is 0 Å². The van der Waals surface area contributed by atoms with Crippen LogP contribution in [0, 0.1) is 0 Å². The van der Waals surface area contributed by atoms with E-state index >= 15 is 0 Å². The van der Waals surface area contributed by atoms with Gasteiger partial charge in [-0.25, -0.2) is 0 Å². The van der Waals surface area contributed by atoms with Crippen LogP contribution in [0.2, 0.25) is 0 Å². The van der Waals surface area contributed by atoms with Crippen LogP contribution in [-0.2, 0) is 0 Å². The summed E-state index contributed by atoms with van der Waals surface area (Å²) in [6.07, 6.45) is 0. The number of phenolic OH excluding ortho intramolecular Hbond substituents is 2. The molecule has 0 spiro atoms. The minimum Gasteiger partial charge on any atom is -0.508 e. The zero-order valence-corrected chi connectivity index (χ0v) is 9.67. The smallest absolute Gasteiger partial charge is 0.123 e. The summed E-state index contributed by atoms with van der Waals surface area (Å²) < 4.78 is 0. The molecule has 0 unspecified atom stereocenters. The standard InChI is InChI=1S/C16H12O2/c17-12-8-9-16(18)15(10-12)14-7-3-5-11-4-1-2-6-13(11)14/h1-10,17-18H. The Morgan fingerprint density at radius 3 is 2.33 bits per heavy atom. The lowest BCUT2D eigenvalue weighted by atomic mass is 9.97. The van der Waals surface area contributed by atoms with Crippen molar-refractivity contribution in [3.8, 4) is 22.6 Å². The lowest BCUT2D eigenvalue weighted by molar-refractivity contribution is 0.462. The topological polar surface area (TPSA) is 40.5 Å². The Labute approximate surface area is 105 Å². The number of rotatable bonds is 1. The molecule has 2 heteroatoms. The highest BCUT2D eigenvalue weighted by molar-refractivity contribution is 5.98. The molecular formula is C16H12O2. The zero-order chi connectivity index (χ0) is 12.5.